The normalized spacial score (nSPS) is 19.6. The maximum Gasteiger partial charge on any atom is 0.254 e. The SMILES string of the molecule is CSc1ccc(C(=O)N2CCC[C@@H]2CO)cc1. The summed E-state index contributed by atoms with van der Waals surface area (Å²) in [6.07, 6.45) is 3.91. The number of rotatable bonds is 3. The highest BCUT2D eigenvalue weighted by Gasteiger charge is 2.28. The summed E-state index contributed by atoms with van der Waals surface area (Å²) in [4.78, 5) is 15.2. The van der Waals surface area contributed by atoms with E-state index in [1.54, 1.807) is 16.7 Å². The number of carbonyl (C=O) groups is 1. The highest BCUT2D eigenvalue weighted by molar-refractivity contribution is 7.98. The minimum absolute atomic E-state index is 0.00252. The largest absolute Gasteiger partial charge is 0.394 e. The molecule has 1 aromatic rings. The molecule has 3 nitrogen and oxygen atoms in total. The summed E-state index contributed by atoms with van der Waals surface area (Å²) in [5, 5.41) is 9.22. The lowest BCUT2D eigenvalue weighted by Crippen LogP contribution is -2.37. The van der Waals surface area contributed by atoms with Gasteiger partial charge in [0.1, 0.15) is 0 Å². The van der Waals surface area contributed by atoms with Gasteiger partial charge in [-0.3, -0.25) is 4.79 Å². The fourth-order valence-corrected chi connectivity index (χ4v) is 2.60. The monoisotopic (exact) mass is 251 g/mol. The van der Waals surface area contributed by atoms with Gasteiger partial charge in [0.05, 0.1) is 12.6 Å². The van der Waals surface area contributed by atoms with Gasteiger partial charge in [-0.25, -0.2) is 0 Å². The summed E-state index contributed by atoms with van der Waals surface area (Å²) in [7, 11) is 0. The van der Waals surface area contributed by atoms with Crippen LogP contribution >= 0.6 is 11.8 Å². The van der Waals surface area contributed by atoms with Crippen LogP contribution in [0, 0.1) is 0 Å². The second-order valence-electron chi connectivity index (χ2n) is 4.21. The Bertz CT molecular complexity index is 391. The van der Waals surface area contributed by atoms with E-state index in [9.17, 15) is 9.90 Å². The van der Waals surface area contributed by atoms with Gasteiger partial charge in [0, 0.05) is 17.0 Å². The molecule has 0 aromatic heterocycles. The number of hydrogen-bond acceptors (Lipinski definition) is 3. The Labute approximate surface area is 106 Å². The van der Waals surface area contributed by atoms with Crippen LogP contribution in [0.2, 0.25) is 0 Å². The molecular weight excluding hydrogens is 234 g/mol. The first-order chi connectivity index (χ1) is 8.26. The lowest BCUT2D eigenvalue weighted by molar-refractivity contribution is 0.0677. The van der Waals surface area contributed by atoms with Gasteiger partial charge >= 0.3 is 0 Å². The number of benzene rings is 1. The van der Waals surface area contributed by atoms with Gasteiger partial charge in [0.15, 0.2) is 0 Å². The molecule has 1 N–H and O–H groups in total. The van der Waals surface area contributed by atoms with Gasteiger partial charge in [-0.05, 0) is 43.4 Å². The van der Waals surface area contributed by atoms with Gasteiger partial charge in [-0.2, -0.15) is 0 Å². The molecule has 4 heteroatoms. The van der Waals surface area contributed by atoms with E-state index in [2.05, 4.69) is 0 Å². The van der Waals surface area contributed by atoms with Crippen molar-refractivity contribution in [2.75, 3.05) is 19.4 Å². The Morgan fingerprint density at radius 1 is 1.47 bits per heavy atom. The Morgan fingerprint density at radius 2 is 2.18 bits per heavy atom. The third-order valence-corrected chi connectivity index (χ3v) is 3.93. The van der Waals surface area contributed by atoms with Crippen molar-refractivity contribution in [3.05, 3.63) is 29.8 Å². The van der Waals surface area contributed by atoms with Crippen molar-refractivity contribution in [1.29, 1.82) is 0 Å². The number of thioether (sulfide) groups is 1. The first-order valence-corrected chi connectivity index (χ1v) is 7.04. The number of nitrogens with zero attached hydrogens (tertiary/aromatic N) is 1. The minimum Gasteiger partial charge on any atom is -0.394 e. The summed E-state index contributed by atoms with van der Waals surface area (Å²) in [5.41, 5.74) is 0.711. The second kappa shape index (κ2) is 5.56. The zero-order valence-electron chi connectivity index (χ0n) is 9.93. The average Bonchev–Trinajstić information content (AvgIpc) is 2.86. The maximum atomic E-state index is 12.2. The highest BCUT2D eigenvalue weighted by Crippen LogP contribution is 2.21. The van der Waals surface area contributed by atoms with E-state index in [-0.39, 0.29) is 18.6 Å². The molecule has 0 radical (unpaired) electrons. The molecule has 0 aliphatic carbocycles. The smallest absolute Gasteiger partial charge is 0.254 e. The summed E-state index contributed by atoms with van der Waals surface area (Å²) in [5.74, 6) is 0.0363. The quantitative estimate of drug-likeness (QED) is 0.835. The molecule has 1 saturated heterocycles. The van der Waals surface area contributed by atoms with Crippen molar-refractivity contribution < 1.29 is 9.90 Å². The third-order valence-electron chi connectivity index (χ3n) is 3.19. The molecule has 2 rings (SSSR count). The predicted octanol–water partition coefficient (Wildman–Crippen LogP) is 2.01. The Balaban J connectivity index is 2.13. The molecule has 0 spiro atoms. The van der Waals surface area contributed by atoms with Crippen molar-refractivity contribution in [1.82, 2.24) is 4.90 Å². The number of aliphatic hydroxyl groups is 1. The molecule has 1 atom stereocenters. The number of likely N-dealkylation sites (tertiary alicyclic amines) is 1. The molecule has 1 heterocycles. The molecule has 0 saturated carbocycles. The first-order valence-electron chi connectivity index (χ1n) is 5.82. The molecule has 1 aliphatic heterocycles. The third kappa shape index (κ3) is 2.64. The van der Waals surface area contributed by atoms with E-state index in [4.69, 9.17) is 0 Å². The number of carbonyl (C=O) groups excluding carboxylic acids is 1. The lowest BCUT2D eigenvalue weighted by Gasteiger charge is -2.23. The summed E-state index contributed by atoms with van der Waals surface area (Å²) >= 11 is 1.66. The van der Waals surface area contributed by atoms with Crippen LogP contribution in [0.3, 0.4) is 0 Å². The topological polar surface area (TPSA) is 40.5 Å². The van der Waals surface area contributed by atoms with E-state index >= 15 is 0 Å². The van der Waals surface area contributed by atoms with Crippen molar-refractivity contribution in [3.8, 4) is 0 Å². The standard InChI is InChI=1S/C13H17NO2S/c1-17-12-6-4-10(5-7-12)13(16)14-8-2-3-11(14)9-15/h4-7,11,15H,2-3,8-9H2,1H3/t11-/m1/s1. The van der Waals surface area contributed by atoms with Crippen molar-refractivity contribution in [3.63, 3.8) is 0 Å². The van der Waals surface area contributed by atoms with Crippen LogP contribution in [0.25, 0.3) is 0 Å². The van der Waals surface area contributed by atoms with Crippen LogP contribution in [0.5, 0.6) is 0 Å². The second-order valence-corrected chi connectivity index (χ2v) is 5.09. The zero-order chi connectivity index (χ0) is 12.3. The van der Waals surface area contributed by atoms with Gasteiger partial charge in [-0.1, -0.05) is 0 Å². The van der Waals surface area contributed by atoms with E-state index in [0.717, 1.165) is 24.3 Å². The summed E-state index contributed by atoms with van der Waals surface area (Å²) in [6.45, 7) is 0.822. The molecule has 1 amide bonds. The fourth-order valence-electron chi connectivity index (χ4n) is 2.19. The van der Waals surface area contributed by atoms with Gasteiger partial charge in [0.2, 0.25) is 0 Å². The summed E-state index contributed by atoms with van der Waals surface area (Å²) in [6, 6.07) is 7.65. The molecular formula is C13H17NO2S. The van der Waals surface area contributed by atoms with E-state index < -0.39 is 0 Å². The molecule has 1 aliphatic rings. The molecule has 92 valence electrons. The first kappa shape index (κ1) is 12.5. The van der Waals surface area contributed by atoms with Crippen LogP contribution < -0.4 is 0 Å². The van der Waals surface area contributed by atoms with Crippen molar-refractivity contribution in [2.24, 2.45) is 0 Å². The van der Waals surface area contributed by atoms with Gasteiger partial charge in [-0.15, -0.1) is 11.8 Å². The van der Waals surface area contributed by atoms with Gasteiger partial charge < -0.3 is 10.0 Å². The Hall–Kier alpha value is -1.00. The Morgan fingerprint density at radius 3 is 2.76 bits per heavy atom. The average molecular weight is 251 g/mol. The van der Waals surface area contributed by atoms with Crippen LogP contribution in [0.4, 0.5) is 0 Å². The van der Waals surface area contributed by atoms with E-state index in [1.807, 2.05) is 30.5 Å². The number of aliphatic hydroxyl groups excluding tert-OH is 1. The zero-order valence-corrected chi connectivity index (χ0v) is 10.7. The highest BCUT2D eigenvalue weighted by atomic mass is 32.2. The van der Waals surface area contributed by atoms with Crippen LogP contribution in [-0.4, -0.2) is 41.4 Å². The number of hydrogen-bond donors (Lipinski definition) is 1. The van der Waals surface area contributed by atoms with E-state index in [1.165, 1.54) is 0 Å². The molecule has 1 aromatic carbocycles. The molecule has 1 fully saturated rings. The van der Waals surface area contributed by atoms with Crippen molar-refractivity contribution >= 4 is 17.7 Å². The minimum atomic E-state index is 0.00252. The molecule has 0 unspecified atom stereocenters. The lowest BCUT2D eigenvalue weighted by atomic mass is 10.2. The molecule has 0 bridgehead atoms. The van der Waals surface area contributed by atoms with E-state index in [0.29, 0.717) is 5.56 Å². The van der Waals surface area contributed by atoms with Crippen LogP contribution in [0.15, 0.2) is 29.2 Å². The van der Waals surface area contributed by atoms with Crippen LogP contribution in [-0.2, 0) is 0 Å². The fraction of sp³-hybridized carbons (Fsp3) is 0.462. The Kier molecular flexibility index (Phi) is 4.07. The summed E-state index contributed by atoms with van der Waals surface area (Å²) < 4.78 is 0. The van der Waals surface area contributed by atoms with Gasteiger partial charge in [0.25, 0.3) is 5.91 Å². The number of amides is 1. The van der Waals surface area contributed by atoms with Crippen molar-refractivity contribution in [2.45, 2.75) is 23.8 Å². The molecule has 17 heavy (non-hydrogen) atoms. The van der Waals surface area contributed by atoms with Crippen LogP contribution in [0.1, 0.15) is 23.2 Å². The predicted molar refractivity (Wildman–Crippen MR) is 69.4 cm³/mol. The maximum absolute atomic E-state index is 12.2.